The summed E-state index contributed by atoms with van der Waals surface area (Å²) in [6.07, 6.45) is 1.67. The highest BCUT2D eigenvalue weighted by Crippen LogP contribution is 2.30. The second-order valence-corrected chi connectivity index (χ2v) is 6.22. The molecule has 1 fully saturated rings. The van der Waals surface area contributed by atoms with Gasteiger partial charge in [-0.25, -0.2) is 4.79 Å². The number of carbonyl (C=O) groups is 1. The molecule has 0 aliphatic carbocycles. The molecule has 1 unspecified atom stereocenters. The van der Waals surface area contributed by atoms with E-state index in [4.69, 9.17) is 4.74 Å². The first kappa shape index (κ1) is 17.9. The molecule has 0 aromatic heterocycles. The summed E-state index contributed by atoms with van der Waals surface area (Å²) in [7, 11) is 0. The van der Waals surface area contributed by atoms with Crippen molar-refractivity contribution in [2.24, 2.45) is 0 Å². The number of nitro benzene ring substituents is 1. The zero-order valence-corrected chi connectivity index (χ0v) is 14.3. The Kier molecular flexibility index (Phi) is 5.80. The van der Waals surface area contributed by atoms with Gasteiger partial charge in [-0.05, 0) is 36.1 Å². The number of benzene rings is 2. The Morgan fingerprint density at radius 2 is 1.92 bits per heavy atom. The van der Waals surface area contributed by atoms with E-state index < -0.39 is 11.0 Å². The smallest absolute Gasteiger partial charge is 0.408 e. The van der Waals surface area contributed by atoms with Gasteiger partial charge in [-0.1, -0.05) is 30.3 Å². The van der Waals surface area contributed by atoms with Gasteiger partial charge < -0.3 is 10.1 Å². The van der Waals surface area contributed by atoms with Crippen molar-refractivity contribution in [3.63, 3.8) is 0 Å². The fraction of sp³-hybridized carbons (Fsp3) is 0.316. The molecule has 2 aromatic rings. The van der Waals surface area contributed by atoms with E-state index in [9.17, 15) is 14.9 Å². The molecule has 0 spiro atoms. The number of amides is 1. The number of nitrogens with one attached hydrogen (secondary N) is 1. The molecular weight excluding hydrogens is 334 g/mol. The Morgan fingerprint density at radius 3 is 2.62 bits per heavy atom. The number of carbonyl (C=O) groups excluding carboxylic acids is 1. The van der Waals surface area contributed by atoms with Crippen LogP contribution < -0.4 is 5.32 Å². The van der Waals surface area contributed by atoms with Crippen molar-refractivity contribution in [2.75, 3.05) is 13.2 Å². The van der Waals surface area contributed by atoms with Gasteiger partial charge in [0.15, 0.2) is 0 Å². The quantitative estimate of drug-likeness (QED) is 0.632. The Bertz CT molecular complexity index is 749. The second-order valence-electron chi connectivity index (χ2n) is 6.22. The number of nitrogens with zero attached hydrogens (tertiary/aromatic N) is 2. The highest BCUT2D eigenvalue weighted by molar-refractivity contribution is 5.67. The summed E-state index contributed by atoms with van der Waals surface area (Å²) in [5.41, 5.74) is 1.97. The molecule has 0 radical (unpaired) electrons. The first-order valence-corrected chi connectivity index (χ1v) is 8.56. The Hall–Kier alpha value is -2.93. The maximum absolute atomic E-state index is 11.9. The van der Waals surface area contributed by atoms with E-state index in [1.54, 1.807) is 12.1 Å². The third-order valence-corrected chi connectivity index (χ3v) is 4.49. The van der Waals surface area contributed by atoms with Crippen LogP contribution in [0.25, 0.3) is 0 Å². The normalized spacial score (nSPS) is 17.0. The first-order valence-electron chi connectivity index (χ1n) is 8.56. The summed E-state index contributed by atoms with van der Waals surface area (Å²) in [5.74, 6) is 0. The van der Waals surface area contributed by atoms with E-state index in [1.165, 1.54) is 17.7 Å². The van der Waals surface area contributed by atoms with E-state index in [0.717, 1.165) is 19.4 Å². The number of ether oxygens (including phenoxy) is 1. The first-order chi connectivity index (χ1) is 12.6. The third kappa shape index (κ3) is 4.58. The van der Waals surface area contributed by atoms with Crippen LogP contribution in [0.5, 0.6) is 0 Å². The summed E-state index contributed by atoms with van der Waals surface area (Å²) in [6.45, 7) is 1.44. The van der Waals surface area contributed by atoms with Crippen LogP contribution in [-0.4, -0.2) is 29.1 Å². The van der Waals surface area contributed by atoms with Crippen LogP contribution in [0, 0.1) is 10.1 Å². The molecule has 0 saturated carbocycles. The van der Waals surface area contributed by atoms with Crippen molar-refractivity contribution in [2.45, 2.75) is 25.5 Å². The SMILES string of the molecule is O=C(NCN1CCCC1c1ccccc1)OCc1ccc([N+](=O)[O-])cc1. The molecule has 3 rings (SSSR count). The van der Waals surface area contributed by atoms with Crippen molar-refractivity contribution < 1.29 is 14.5 Å². The fourth-order valence-corrected chi connectivity index (χ4v) is 3.15. The van der Waals surface area contributed by atoms with E-state index in [1.807, 2.05) is 18.2 Å². The van der Waals surface area contributed by atoms with Crippen LogP contribution in [0.1, 0.15) is 30.0 Å². The third-order valence-electron chi connectivity index (χ3n) is 4.49. The highest BCUT2D eigenvalue weighted by Gasteiger charge is 2.25. The molecule has 1 atom stereocenters. The van der Waals surface area contributed by atoms with Crippen molar-refractivity contribution in [3.8, 4) is 0 Å². The topological polar surface area (TPSA) is 84.7 Å². The molecule has 2 aromatic carbocycles. The molecule has 1 heterocycles. The zero-order chi connectivity index (χ0) is 18.4. The lowest BCUT2D eigenvalue weighted by Gasteiger charge is -2.24. The van der Waals surface area contributed by atoms with Gasteiger partial charge in [0, 0.05) is 24.7 Å². The van der Waals surface area contributed by atoms with Crippen LogP contribution in [0.15, 0.2) is 54.6 Å². The predicted octanol–water partition coefficient (Wildman–Crippen LogP) is 3.62. The maximum Gasteiger partial charge on any atom is 0.408 e. The van der Waals surface area contributed by atoms with Crippen LogP contribution in [0.4, 0.5) is 10.5 Å². The standard InChI is InChI=1S/C19H21N3O4/c23-19(26-13-15-8-10-17(11-9-15)22(24)25)20-14-21-12-4-7-18(21)16-5-2-1-3-6-16/h1-3,5-6,8-11,18H,4,7,12-14H2,(H,20,23). The van der Waals surface area contributed by atoms with E-state index in [2.05, 4.69) is 22.3 Å². The summed E-state index contributed by atoms with van der Waals surface area (Å²) in [6, 6.07) is 16.5. The number of non-ortho nitro benzene ring substituents is 1. The van der Waals surface area contributed by atoms with Crippen LogP contribution in [-0.2, 0) is 11.3 Å². The van der Waals surface area contributed by atoms with E-state index in [0.29, 0.717) is 18.3 Å². The largest absolute Gasteiger partial charge is 0.445 e. The molecule has 7 heteroatoms. The number of likely N-dealkylation sites (tertiary alicyclic amines) is 1. The van der Waals surface area contributed by atoms with Crippen molar-refractivity contribution in [1.29, 1.82) is 0 Å². The predicted molar refractivity (Wildman–Crippen MR) is 96.4 cm³/mol. The van der Waals surface area contributed by atoms with Crippen LogP contribution >= 0.6 is 0 Å². The van der Waals surface area contributed by atoms with Gasteiger partial charge in [-0.15, -0.1) is 0 Å². The molecule has 1 aliphatic heterocycles. The monoisotopic (exact) mass is 355 g/mol. The average molecular weight is 355 g/mol. The summed E-state index contributed by atoms with van der Waals surface area (Å²) in [4.78, 5) is 24.3. The molecular formula is C19H21N3O4. The van der Waals surface area contributed by atoms with Crippen LogP contribution in [0.3, 0.4) is 0 Å². The minimum Gasteiger partial charge on any atom is -0.445 e. The zero-order valence-electron chi connectivity index (χ0n) is 14.3. The molecule has 1 saturated heterocycles. The highest BCUT2D eigenvalue weighted by atomic mass is 16.6. The minimum atomic E-state index is -0.498. The molecule has 0 bridgehead atoms. The lowest BCUT2D eigenvalue weighted by molar-refractivity contribution is -0.384. The molecule has 1 amide bonds. The molecule has 7 nitrogen and oxygen atoms in total. The second kappa shape index (κ2) is 8.44. The summed E-state index contributed by atoms with van der Waals surface area (Å²) in [5, 5.41) is 13.4. The van der Waals surface area contributed by atoms with Gasteiger partial charge in [-0.2, -0.15) is 0 Å². The lowest BCUT2D eigenvalue weighted by Crippen LogP contribution is -2.37. The number of rotatable bonds is 6. The molecule has 1 N–H and O–H groups in total. The Labute approximate surface area is 151 Å². The van der Waals surface area contributed by atoms with Gasteiger partial charge in [0.2, 0.25) is 0 Å². The lowest BCUT2D eigenvalue weighted by atomic mass is 10.1. The molecule has 136 valence electrons. The molecule has 26 heavy (non-hydrogen) atoms. The average Bonchev–Trinajstić information content (AvgIpc) is 3.14. The summed E-state index contributed by atoms with van der Waals surface area (Å²) >= 11 is 0. The summed E-state index contributed by atoms with van der Waals surface area (Å²) < 4.78 is 5.18. The van der Waals surface area contributed by atoms with E-state index in [-0.39, 0.29) is 12.3 Å². The number of alkyl carbamates (subject to hydrolysis) is 1. The van der Waals surface area contributed by atoms with Gasteiger partial charge in [0.25, 0.3) is 5.69 Å². The van der Waals surface area contributed by atoms with Crippen molar-refractivity contribution in [1.82, 2.24) is 10.2 Å². The number of hydrogen-bond acceptors (Lipinski definition) is 5. The van der Waals surface area contributed by atoms with Gasteiger partial charge in [0.1, 0.15) is 6.61 Å². The van der Waals surface area contributed by atoms with Gasteiger partial charge in [-0.3, -0.25) is 15.0 Å². The Morgan fingerprint density at radius 1 is 1.19 bits per heavy atom. The van der Waals surface area contributed by atoms with Crippen molar-refractivity contribution >= 4 is 11.8 Å². The fourth-order valence-electron chi connectivity index (χ4n) is 3.15. The van der Waals surface area contributed by atoms with E-state index >= 15 is 0 Å². The van der Waals surface area contributed by atoms with Crippen molar-refractivity contribution in [3.05, 3.63) is 75.8 Å². The number of nitro groups is 1. The number of hydrogen-bond donors (Lipinski definition) is 1. The van der Waals surface area contributed by atoms with Gasteiger partial charge >= 0.3 is 6.09 Å². The molecule has 1 aliphatic rings. The Balaban J connectivity index is 1.45. The maximum atomic E-state index is 11.9. The van der Waals surface area contributed by atoms with Crippen LogP contribution in [0.2, 0.25) is 0 Å². The minimum absolute atomic E-state index is 0.0131. The van der Waals surface area contributed by atoms with Gasteiger partial charge in [0.05, 0.1) is 11.6 Å².